The van der Waals surface area contributed by atoms with Crippen molar-refractivity contribution in [2.24, 2.45) is 0 Å². The number of likely N-dealkylation sites (N-methyl/N-ethyl adjacent to an activating group) is 1. The largest absolute Gasteiger partial charge is 0.343 e. The van der Waals surface area contributed by atoms with E-state index in [0.29, 0.717) is 22.2 Å². The van der Waals surface area contributed by atoms with Gasteiger partial charge in [-0.05, 0) is 35.9 Å². The molecular weight excluding hydrogens is 371 g/mol. The van der Waals surface area contributed by atoms with Crippen LogP contribution in [0, 0.1) is 0 Å². The Labute approximate surface area is 155 Å². The van der Waals surface area contributed by atoms with Gasteiger partial charge in [-0.25, -0.2) is 0 Å². The maximum Gasteiger partial charge on any atom is 0.251 e. The van der Waals surface area contributed by atoms with E-state index in [0.717, 1.165) is 5.56 Å². The topological polar surface area (TPSA) is 49.4 Å². The van der Waals surface area contributed by atoms with Crippen LogP contribution in [0.3, 0.4) is 0 Å². The summed E-state index contributed by atoms with van der Waals surface area (Å²) in [5.74, 6) is -0.597. The Kier molecular flexibility index (Phi) is 6.49. The highest BCUT2D eigenvalue weighted by atomic mass is 35.5. The van der Waals surface area contributed by atoms with Gasteiger partial charge in [0.15, 0.2) is 0 Å². The Morgan fingerprint density at radius 3 is 2.29 bits per heavy atom. The van der Waals surface area contributed by atoms with E-state index in [4.69, 9.17) is 34.8 Å². The molecule has 0 saturated carbocycles. The zero-order chi connectivity index (χ0) is 17.7. The summed E-state index contributed by atoms with van der Waals surface area (Å²) < 4.78 is 0. The van der Waals surface area contributed by atoms with Crippen molar-refractivity contribution in [1.29, 1.82) is 0 Å². The Morgan fingerprint density at radius 1 is 1.00 bits per heavy atom. The molecule has 1 N–H and O–H groups in total. The highest BCUT2D eigenvalue weighted by molar-refractivity contribution is 6.42. The highest BCUT2D eigenvalue weighted by Crippen LogP contribution is 2.22. The molecule has 2 aromatic carbocycles. The van der Waals surface area contributed by atoms with Crippen LogP contribution in [-0.4, -0.2) is 30.3 Å². The quantitative estimate of drug-likeness (QED) is 0.844. The lowest BCUT2D eigenvalue weighted by Gasteiger charge is -2.17. The molecule has 7 heteroatoms. The lowest BCUT2D eigenvalue weighted by Crippen LogP contribution is -2.37. The van der Waals surface area contributed by atoms with Crippen LogP contribution in [-0.2, 0) is 11.3 Å². The molecule has 0 fully saturated rings. The molecule has 0 bridgehead atoms. The van der Waals surface area contributed by atoms with E-state index < -0.39 is 0 Å². The summed E-state index contributed by atoms with van der Waals surface area (Å²) in [6, 6.07) is 11.8. The first-order chi connectivity index (χ1) is 11.4. The van der Waals surface area contributed by atoms with Gasteiger partial charge in [0, 0.05) is 24.2 Å². The van der Waals surface area contributed by atoms with Gasteiger partial charge in [0.05, 0.1) is 16.6 Å². The summed E-state index contributed by atoms with van der Waals surface area (Å²) in [5.41, 5.74) is 1.30. The van der Waals surface area contributed by atoms with Crippen molar-refractivity contribution in [2.75, 3.05) is 13.6 Å². The fraction of sp³-hybridized carbons (Fsp3) is 0.176. The minimum atomic E-state index is -0.387. The second-order valence-corrected chi connectivity index (χ2v) is 6.44. The van der Waals surface area contributed by atoms with E-state index >= 15 is 0 Å². The Bertz CT molecular complexity index is 748. The number of amides is 2. The maximum absolute atomic E-state index is 12.1. The molecule has 24 heavy (non-hydrogen) atoms. The van der Waals surface area contributed by atoms with Gasteiger partial charge in [-0.3, -0.25) is 9.59 Å². The third-order valence-corrected chi connectivity index (χ3v) is 4.33. The molecule has 4 nitrogen and oxygen atoms in total. The third-order valence-electron chi connectivity index (χ3n) is 3.34. The molecule has 0 atom stereocenters. The standard InChI is InChI=1S/C17H15Cl3N2O2/c1-22(10-11-2-5-13(18)6-3-11)16(23)9-21-17(24)12-4-7-14(19)15(20)8-12/h2-8H,9-10H2,1H3,(H,21,24). The fourth-order valence-corrected chi connectivity index (χ4v) is 2.41. The number of rotatable bonds is 5. The molecule has 2 amide bonds. The van der Waals surface area contributed by atoms with E-state index in [-0.39, 0.29) is 23.4 Å². The second kappa shape index (κ2) is 8.38. The third kappa shape index (κ3) is 5.13. The van der Waals surface area contributed by atoms with Crippen LogP contribution in [0.15, 0.2) is 42.5 Å². The van der Waals surface area contributed by atoms with Gasteiger partial charge >= 0.3 is 0 Å². The second-order valence-electron chi connectivity index (χ2n) is 5.19. The van der Waals surface area contributed by atoms with Gasteiger partial charge in [-0.1, -0.05) is 46.9 Å². The Morgan fingerprint density at radius 2 is 1.67 bits per heavy atom. The van der Waals surface area contributed by atoms with Crippen LogP contribution in [0.1, 0.15) is 15.9 Å². The molecule has 0 aliphatic carbocycles. The molecule has 0 spiro atoms. The minimum Gasteiger partial charge on any atom is -0.343 e. The van der Waals surface area contributed by atoms with Crippen molar-refractivity contribution in [2.45, 2.75) is 6.54 Å². The van der Waals surface area contributed by atoms with E-state index in [9.17, 15) is 9.59 Å². The molecule has 2 rings (SSSR count). The molecule has 0 aromatic heterocycles. The SMILES string of the molecule is CN(Cc1ccc(Cl)cc1)C(=O)CNC(=O)c1ccc(Cl)c(Cl)c1. The minimum absolute atomic E-state index is 0.108. The fourth-order valence-electron chi connectivity index (χ4n) is 1.98. The molecule has 0 heterocycles. The van der Waals surface area contributed by atoms with Crippen LogP contribution in [0.5, 0.6) is 0 Å². The monoisotopic (exact) mass is 384 g/mol. The molecule has 2 aromatic rings. The van der Waals surface area contributed by atoms with Crippen LogP contribution >= 0.6 is 34.8 Å². The highest BCUT2D eigenvalue weighted by Gasteiger charge is 2.13. The normalized spacial score (nSPS) is 10.3. The average molecular weight is 386 g/mol. The maximum atomic E-state index is 12.1. The van der Waals surface area contributed by atoms with Gasteiger partial charge in [0.2, 0.25) is 5.91 Å². The molecule has 0 radical (unpaired) electrons. The number of benzene rings is 2. The number of nitrogens with zero attached hydrogens (tertiary/aromatic N) is 1. The number of carbonyl (C=O) groups is 2. The van der Waals surface area contributed by atoms with Crippen molar-refractivity contribution < 1.29 is 9.59 Å². The predicted molar refractivity (Wildman–Crippen MR) is 96.7 cm³/mol. The van der Waals surface area contributed by atoms with Crippen molar-refractivity contribution in [3.8, 4) is 0 Å². The zero-order valence-corrected chi connectivity index (χ0v) is 15.1. The first-order valence-electron chi connectivity index (χ1n) is 7.08. The van der Waals surface area contributed by atoms with Crippen molar-refractivity contribution in [3.05, 3.63) is 68.7 Å². The molecule has 0 aliphatic heterocycles. The predicted octanol–water partition coefficient (Wildman–Crippen LogP) is 4.04. The molecule has 0 aliphatic rings. The van der Waals surface area contributed by atoms with Crippen LogP contribution in [0.4, 0.5) is 0 Å². The molecule has 0 unspecified atom stereocenters. The van der Waals surface area contributed by atoms with Gasteiger partial charge in [0.1, 0.15) is 0 Å². The summed E-state index contributed by atoms with van der Waals surface area (Å²) in [7, 11) is 1.67. The summed E-state index contributed by atoms with van der Waals surface area (Å²) in [6.07, 6.45) is 0. The Hall–Kier alpha value is -1.75. The van der Waals surface area contributed by atoms with Gasteiger partial charge in [0.25, 0.3) is 5.91 Å². The number of carbonyl (C=O) groups excluding carboxylic acids is 2. The molecule has 0 saturated heterocycles. The van der Waals surface area contributed by atoms with Crippen molar-refractivity contribution in [3.63, 3.8) is 0 Å². The first kappa shape index (κ1) is 18.6. The number of halogens is 3. The van der Waals surface area contributed by atoms with Gasteiger partial charge < -0.3 is 10.2 Å². The van der Waals surface area contributed by atoms with Gasteiger partial charge in [-0.15, -0.1) is 0 Å². The Balaban J connectivity index is 1.88. The number of hydrogen-bond donors (Lipinski definition) is 1. The number of nitrogens with one attached hydrogen (secondary N) is 1. The summed E-state index contributed by atoms with van der Waals surface area (Å²) in [6.45, 7) is 0.321. The van der Waals surface area contributed by atoms with Crippen molar-refractivity contribution >= 4 is 46.6 Å². The van der Waals surface area contributed by atoms with E-state index in [1.165, 1.54) is 17.0 Å². The van der Waals surface area contributed by atoms with Crippen LogP contribution in [0.2, 0.25) is 15.1 Å². The van der Waals surface area contributed by atoms with E-state index in [1.54, 1.807) is 25.2 Å². The summed E-state index contributed by atoms with van der Waals surface area (Å²) in [4.78, 5) is 25.7. The zero-order valence-electron chi connectivity index (χ0n) is 12.9. The van der Waals surface area contributed by atoms with Crippen LogP contribution < -0.4 is 5.32 Å². The van der Waals surface area contributed by atoms with E-state index in [2.05, 4.69) is 5.32 Å². The molecular formula is C17H15Cl3N2O2. The van der Waals surface area contributed by atoms with Crippen LogP contribution in [0.25, 0.3) is 0 Å². The van der Waals surface area contributed by atoms with E-state index in [1.807, 2.05) is 12.1 Å². The average Bonchev–Trinajstić information content (AvgIpc) is 2.56. The van der Waals surface area contributed by atoms with Gasteiger partial charge in [-0.2, -0.15) is 0 Å². The summed E-state index contributed by atoms with van der Waals surface area (Å²) in [5, 5.41) is 3.86. The summed E-state index contributed by atoms with van der Waals surface area (Å²) >= 11 is 17.5. The lowest BCUT2D eigenvalue weighted by atomic mass is 10.2. The van der Waals surface area contributed by atoms with Crippen molar-refractivity contribution in [1.82, 2.24) is 10.2 Å². The smallest absolute Gasteiger partial charge is 0.251 e. The lowest BCUT2D eigenvalue weighted by molar-refractivity contribution is -0.129. The molecule has 126 valence electrons. The number of hydrogen-bond acceptors (Lipinski definition) is 2. The first-order valence-corrected chi connectivity index (χ1v) is 8.22.